The molecule has 1 heterocycles. The van der Waals surface area contributed by atoms with Crippen molar-refractivity contribution in [3.63, 3.8) is 0 Å². The van der Waals surface area contributed by atoms with Crippen LogP contribution in [0.4, 0.5) is 0 Å². The third kappa shape index (κ3) is 5.28. The number of amides is 1. The molecule has 2 aromatic rings. The molecule has 162 valence electrons. The summed E-state index contributed by atoms with van der Waals surface area (Å²) in [5.74, 6) is 0.0800. The fourth-order valence-electron chi connectivity index (χ4n) is 3.75. The van der Waals surface area contributed by atoms with Crippen molar-refractivity contribution in [1.29, 1.82) is 0 Å². The number of carbonyl (C=O) groups excluding carboxylic acids is 1. The van der Waals surface area contributed by atoms with Crippen LogP contribution in [0.3, 0.4) is 0 Å². The van der Waals surface area contributed by atoms with E-state index in [0.29, 0.717) is 44.2 Å². The summed E-state index contributed by atoms with van der Waals surface area (Å²) in [7, 11) is -1.68. The van der Waals surface area contributed by atoms with Gasteiger partial charge in [-0.3, -0.25) is 4.79 Å². The summed E-state index contributed by atoms with van der Waals surface area (Å²) in [4.78, 5) is 15.9. The molecule has 0 aliphatic carbocycles. The molecule has 2 aromatic carbocycles. The quantitative estimate of drug-likeness (QED) is 0.748. The molecule has 7 heteroatoms. The first kappa shape index (κ1) is 22.5. The molecule has 3 rings (SSSR count). The van der Waals surface area contributed by atoms with Gasteiger partial charge in [0.25, 0.3) is 5.91 Å². The van der Waals surface area contributed by atoms with Gasteiger partial charge in [-0.05, 0) is 43.5 Å². The summed E-state index contributed by atoms with van der Waals surface area (Å²) >= 11 is 0. The van der Waals surface area contributed by atoms with Gasteiger partial charge in [0.2, 0.25) is 10.0 Å². The van der Waals surface area contributed by atoms with Crippen LogP contribution in [0, 0.1) is 20.8 Å². The molecule has 30 heavy (non-hydrogen) atoms. The highest BCUT2D eigenvalue weighted by Gasteiger charge is 2.32. The maximum atomic E-state index is 13.1. The SMILES string of the molecule is Cc1ccc(CN(C)C(=O)C[NH+]2CCN(S(=O)(=O)c3cc(C)ccc3C)CC2)cc1. The topological polar surface area (TPSA) is 62.1 Å². The van der Waals surface area contributed by atoms with Crippen LogP contribution in [-0.2, 0) is 21.4 Å². The number of nitrogens with zero attached hydrogens (tertiary/aromatic N) is 2. The lowest BCUT2D eigenvalue weighted by Crippen LogP contribution is -3.15. The zero-order valence-electron chi connectivity index (χ0n) is 18.3. The smallest absolute Gasteiger partial charge is 0.277 e. The van der Waals surface area contributed by atoms with Crippen molar-refractivity contribution in [1.82, 2.24) is 9.21 Å². The van der Waals surface area contributed by atoms with E-state index in [1.54, 1.807) is 15.3 Å². The van der Waals surface area contributed by atoms with E-state index < -0.39 is 10.0 Å². The van der Waals surface area contributed by atoms with Crippen molar-refractivity contribution >= 4 is 15.9 Å². The molecule has 0 unspecified atom stereocenters. The molecule has 0 bridgehead atoms. The molecule has 6 nitrogen and oxygen atoms in total. The molecular weight excluding hydrogens is 398 g/mol. The Morgan fingerprint density at radius 3 is 2.23 bits per heavy atom. The Balaban J connectivity index is 1.55. The number of benzene rings is 2. The van der Waals surface area contributed by atoms with E-state index in [1.807, 2.05) is 52.1 Å². The van der Waals surface area contributed by atoms with Crippen molar-refractivity contribution in [2.24, 2.45) is 0 Å². The average molecular weight is 431 g/mol. The van der Waals surface area contributed by atoms with Gasteiger partial charge in [0.05, 0.1) is 31.1 Å². The van der Waals surface area contributed by atoms with E-state index in [-0.39, 0.29) is 5.91 Å². The molecule has 0 saturated carbocycles. The molecule has 1 aliphatic heterocycles. The van der Waals surface area contributed by atoms with Crippen molar-refractivity contribution in [2.45, 2.75) is 32.2 Å². The number of rotatable bonds is 6. The zero-order valence-corrected chi connectivity index (χ0v) is 19.1. The predicted molar refractivity (Wildman–Crippen MR) is 118 cm³/mol. The zero-order chi connectivity index (χ0) is 21.9. The fraction of sp³-hybridized carbons (Fsp3) is 0.435. The molecule has 0 radical (unpaired) electrons. The van der Waals surface area contributed by atoms with Crippen molar-refractivity contribution in [3.8, 4) is 0 Å². The summed E-state index contributed by atoms with van der Waals surface area (Å²) in [5.41, 5.74) is 4.01. The van der Waals surface area contributed by atoms with Crippen LogP contribution in [0.2, 0.25) is 0 Å². The van der Waals surface area contributed by atoms with E-state index >= 15 is 0 Å². The molecule has 0 spiro atoms. The van der Waals surface area contributed by atoms with Gasteiger partial charge < -0.3 is 9.80 Å². The van der Waals surface area contributed by atoms with Gasteiger partial charge in [0.15, 0.2) is 6.54 Å². The lowest BCUT2D eigenvalue weighted by Gasteiger charge is -2.32. The van der Waals surface area contributed by atoms with Crippen LogP contribution in [0.1, 0.15) is 22.3 Å². The molecule has 1 amide bonds. The molecular formula is C23H32N3O3S+. The third-order valence-electron chi connectivity index (χ3n) is 5.76. The number of carbonyl (C=O) groups is 1. The average Bonchev–Trinajstić information content (AvgIpc) is 2.71. The van der Waals surface area contributed by atoms with E-state index in [1.165, 1.54) is 5.56 Å². The first-order chi connectivity index (χ1) is 14.2. The van der Waals surface area contributed by atoms with Crippen LogP contribution in [0.25, 0.3) is 0 Å². The Morgan fingerprint density at radius 2 is 1.60 bits per heavy atom. The number of quaternary nitrogens is 1. The number of nitrogens with one attached hydrogen (secondary N) is 1. The molecule has 1 saturated heterocycles. The first-order valence-electron chi connectivity index (χ1n) is 10.4. The van der Waals surface area contributed by atoms with E-state index in [2.05, 4.69) is 12.1 Å². The lowest BCUT2D eigenvalue weighted by molar-refractivity contribution is -0.896. The maximum Gasteiger partial charge on any atom is 0.277 e. The minimum Gasteiger partial charge on any atom is -0.337 e. The Bertz CT molecular complexity index is 995. The predicted octanol–water partition coefficient (Wildman–Crippen LogP) is 1.16. The second kappa shape index (κ2) is 9.29. The van der Waals surface area contributed by atoms with Crippen molar-refractivity contribution in [2.75, 3.05) is 39.8 Å². The Kier molecular flexibility index (Phi) is 6.95. The monoisotopic (exact) mass is 430 g/mol. The Labute approximate surface area is 180 Å². The van der Waals surface area contributed by atoms with E-state index in [0.717, 1.165) is 21.6 Å². The summed E-state index contributed by atoms with van der Waals surface area (Å²) in [6, 6.07) is 13.7. The van der Waals surface area contributed by atoms with Gasteiger partial charge in [-0.25, -0.2) is 8.42 Å². The minimum absolute atomic E-state index is 0.0800. The van der Waals surface area contributed by atoms with Crippen LogP contribution >= 0.6 is 0 Å². The molecule has 0 aromatic heterocycles. The highest BCUT2D eigenvalue weighted by Crippen LogP contribution is 2.21. The highest BCUT2D eigenvalue weighted by atomic mass is 32.2. The van der Waals surface area contributed by atoms with E-state index in [9.17, 15) is 13.2 Å². The van der Waals surface area contributed by atoms with Crippen LogP contribution in [-0.4, -0.2) is 63.3 Å². The van der Waals surface area contributed by atoms with Gasteiger partial charge in [0, 0.05) is 13.6 Å². The van der Waals surface area contributed by atoms with Gasteiger partial charge in [-0.2, -0.15) is 4.31 Å². The number of aryl methyl sites for hydroxylation is 3. The molecule has 1 N–H and O–H groups in total. The lowest BCUT2D eigenvalue weighted by atomic mass is 10.1. The number of hydrogen-bond acceptors (Lipinski definition) is 3. The van der Waals surface area contributed by atoms with Gasteiger partial charge in [0.1, 0.15) is 0 Å². The standard InChI is InChI=1S/C23H31N3O3S/c1-18-6-9-21(10-7-18)16-24(4)23(27)17-25-11-13-26(14-12-25)30(28,29)22-15-19(2)5-8-20(22)3/h5-10,15H,11-14,16-17H2,1-4H3/p+1. The third-order valence-corrected chi connectivity index (χ3v) is 7.80. The fourth-order valence-corrected chi connectivity index (χ4v) is 5.50. The summed E-state index contributed by atoms with van der Waals surface area (Å²) in [6.07, 6.45) is 0. The van der Waals surface area contributed by atoms with Gasteiger partial charge >= 0.3 is 0 Å². The van der Waals surface area contributed by atoms with Gasteiger partial charge in [-0.1, -0.05) is 42.0 Å². The van der Waals surface area contributed by atoms with Crippen molar-refractivity contribution in [3.05, 3.63) is 64.7 Å². The van der Waals surface area contributed by atoms with Crippen LogP contribution in [0.15, 0.2) is 47.4 Å². The second-order valence-corrected chi connectivity index (χ2v) is 10.2. The highest BCUT2D eigenvalue weighted by molar-refractivity contribution is 7.89. The number of hydrogen-bond donors (Lipinski definition) is 1. The Hall–Kier alpha value is -2.22. The first-order valence-corrected chi connectivity index (χ1v) is 11.8. The molecule has 1 aliphatic rings. The van der Waals surface area contributed by atoms with Crippen molar-refractivity contribution < 1.29 is 18.1 Å². The number of likely N-dealkylation sites (N-methyl/N-ethyl adjacent to an activating group) is 1. The normalized spacial score (nSPS) is 15.9. The number of sulfonamides is 1. The summed E-state index contributed by atoms with van der Waals surface area (Å²) < 4.78 is 27.7. The van der Waals surface area contributed by atoms with Crippen LogP contribution < -0.4 is 4.90 Å². The second-order valence-electron chi connectivity index (χ2n) is 8.34. The van der Waals surface area contributed by atoms with Gasteiger partial charge in [-0.15, -0.1) is 0 Å². The van der Waals surface area contributed by atoms with E-state index in [4.69, 9.17) is 0 Å². The Morgan fingerprint density at radius 1 is 1.00 bits per heavy atom. The summed E-state index contributed by atoms with van der Waals surface area (Å²) in [6.45, 7) is 8.87. The molecule has 0 atom stereocenters. The largest absolute Gasteiger partial charge is 0.337 e. The maximum absolute atomic E-state index is 13.1. The minimum atomic E-state index is -3.50. The molecule has 1 fully saturated rings. The van der Waals surface area contributed by atoms with Crippen LogP contribution in [0.5, 0.6) is 0 Å². The number of piperazine rings is 1. The summed E-state index contributed by atoms with van der Waals surface area (Å²) in [5, 5.41) is 0.